The van der Waals surface area contributed by atoms with Crippen LogP contribution in [0.2, 0.25) is 0 Å². The van der Waals surface area contributed by atoms with E-state index in [1.807, 2.05) is 18.5 Å². The molecule has 0 fully saturated rings. The number of hydrogen-bond donors (Lipinski definition) is 0. The minimum atomic E-state index is -0.0869. The lowest BCUT2D eigenvalue weighted by Gasteiger charge is -2.07. The first-order chi connectivity index (χ1) is 6.52. The van der Waals surface area contributed by atoms with Crippen molar-refractivity contribution < 1.29 is 0 Å². The van der Waals surface area contributed by atoms with Crippen LogP contribution in [0, 0.1) is 20.8 Å². The van der Waals surface area contributed by atoms with Crippen LogP contribution in [0.4, 0.5) is 0 Å². The Balaban J connectivity index is 3.09. The van der Waals surface area contributed by atoms with E-state index in [-0.39, 0.29) is 5.56 Å². The summed E-state index contributed by atoms with van der Waals surface area (Å²) in [5, 5.41) is 4.05. The maximum atomic E-state index is 11.8. The van der Waals surface area contributed by atoms with Crippen molar-refractivity contribution in [1.82, 2.24) is 19.2 Å². The van der Waals surface area contributed by atoms with Crippen molar-refractivity contribution in [1.29, 1.82) is 0 Å². The van der Waals surface area contributed by atoms with Gasteiger partial charge in [-0.25, -0.2) is 0 Å². The Morgan fingerprint density at radius 1 is 1.21 bits per heavy atom. The highest BCUT2D eigenvalue weighted by atomic mass is 16.1. The maximum absolute atomic E-state index is 11.8. The molecule has 0 unspecified atom stereocenters. The Morgan fingerprint density at radius 2 is 1.86 bits per heavy atom. The minimum absolute atomic E-state index is 0.0869. The van der Waals surface area contributed by atoms with Crippen LogP contribution in [0.15, 0.2) is 4.79 Å². The van der Waals surface area contributed by atoms with Crippen LogP contribution in [-0.2, 0) is 7.05 Å². The van der Waals surface area contributed by atoms with Gasteiger partial charge in [-0.3, -0.25) is 4.79 Å². The number of hydrogen-bond acceptors (Lipinski definition) is 3. The lowest BCUT2D eigenvalue weighted by atomic mass is 10.3. The van der Waals surface area contributed by atoms with E-state index in [2.05, 4.69) is 10.1 Å². The number of aryl methyl sites for hydroxylation is 2. The topological polar surface area (TPSA) is 52.2 Å². The fourth-order valence-electron chi connectivity index (χ4n) is 1.47. The molecule has 5 heteroatoms. The zero-order valence-electron chi connectivity index (χ0n) is 8.70. The molecule has 0 saturated carbocycles. The minimum Gasteiger partial charge on any atom is -0.317 e. The number of nitrogens with zero attached hydrogens (tertiary/aromatic N) is 4. The molecule has 0 radical (unpaired) electrons. The Morgan fingerprint density at radius 3 is 2.50 bits per heavy atom. The van der Waals surface area contributed by atoms with Crippen LogP contribution in [-0.4, -0.2) is 19.2 Å². The van der Waals surface area contributed by atoms with Crippen molar-refractivity contribution in [3.8, 4) is 0 Å². The molecule has 0 bridgehead atoms. The molecular formula is C9H12N4O. The van der Waals surface area contributed by atoms with Gasteiger partial charge >= 0.3 is 0 Å². The molecule has 0 aliphatic rings. The van der Waals surface area contributed by atoms with Crippen molar-refractivity contribution in [3.63, 3.8) is 0 Å². The normalized spacial score (nSPS) is 11.1. The first-order valence-corrected chi connectivity index (χ1v) is 4.42. The van der Waals surface area contributed by atoms with Crippen molar-refractivity contribution in [3.05, 3.63) is 27.4 Å². The van der Waals surface area contributed by atoms with E-state index in [1.165, 1.54) is 4.52 Å². The zero-order chi connectivity index (χ0) is 10.5. The monoisotopic (exact) mass is 192 g/mol. The van der Waals surface area contributed by atoms with E-state index in [0.29, 0.717) is 17.2 Å². The first-order valence-electron chi connectivity index (χ1n) is 4.42. The molecule has 0 aromatic carbocycles. The third kappa shape index (κ3) is 0.982. The Labute approximate surface area is 81.0 Å². The highest BCUT2D eigenvalue weighted by molar-refractivity contribution is 5.33. The summed E-state index contributed by atoms with van der Waals surface area (Å²) in [6.07, 6.45) is 0. The van der Waals surface area contributed by atoms with Gasteiger partial charge in [0.2, 0.25) is 5.78 Å². The van der Waals surface area contributed by atoms with Crippen LogP contribution in [0.25, 0.3) is 5.78 Å². The molecule has 14 heavy (non-hydrogen) atoms. The second-order valence-corrected chi connectivity index (χ2v) is 3.45. The summed E-state index contributed by atoms with van der Waals surface area (Å²) in [6.45, 7) is 5.48. The van der Waals surface area contributed by atoms with Gasteiger partial charge in [-0.2, -0.15) is 9.50 Å². The van der Waals surface area contributed by atoms with Crippen LogP contribution in [0.1, 0.15) is 17.1 Å². The Hall–Kier alpha value is -1.65. The van der Waals surface area contributed by atoms with Crippen LogP contribution >= 0.6 is 0 Å². The molecule has 2 rings (SSSR count). The molecule has 0 saturated heterocycles. The van der Waals surface area contributed by atoms with Gasteiger partial charge in [0.25, 0.3) is 5.56 Å². The fraction of sp³-hybridized carbons (Fsp3) is 0.444. The van der Waals surface area contributed by atoms with Crippen molar-refractivity contribution in [2.75, 3.05) is 0 Å². The van der Waals surface area contributed by atoms with Gasteiger partial charge < -0.3 is 4.57 Å². The van der Waals surface area contributed by atoms with Crippen LogP contribution in [0.3, 0.4) is 0 Å². The smallest absolute Gasteiger partial charge is 0.278 e. The lowest BCUT2D eigenvalue weighted by Crippen LogP contribution is -2.22. The van der Waals surface area contributed by atoms with E-state index < -0.39 is 0 Å². The van der Waals surface area contributed by atoms with Crippen molar-refractivity contribution in [2.45, 2.75) is 20.8 Å². The first kappa shape index (κ1) is 8.93. The molecule has 2 aromatic rings. The van der Waals surface area contributed by atoms with Gasteiger partial charge in [0.05, 0.1) is 0 Å². The summed E-state index contributed by atoms with van der Waals surface area (Å²) in [5.41, 5.74) is 1.55. The maximum Gasteiger partial charge on any atom is 0.278 e. The summed E-state index contributed by atoms with van der Waals surface area (Å²) >= 11 is 0. The summed E-state index contributed by atoms with van der Waals surface area (Å²) in [7, 11) is 1.88. The molecule has 74 valence electrons. The predicted molar refractivity (Wildman–Crippen MR) is 52.4 cm³/mol. The molecule has 5 nitrogen and oxygen atoms in total. The highest BCUT2D eigenvalue weighted by Gasteiger charge is 2.10. The van der Waals surface area contributed by atoms with Gasteiger partial charge in [-0.05, 0) is 20.8 Å². The second kappa shape index (κ2) is 2.67. The van der Waals surface area contributed by atoms with Gasteiger partial charge in [0.1, 0.15) is 5.82 Å². The van der Waals surface area contributed by atoms with E-state index in [4.69, 9.17) is 0 Å². The molecule has 0 N–H and O–H groups in total. The van der Waals surface area contributed by atoms with Gasteiger partial charge in [0.15, 0.2) is 0 Å². The van der Waals surface area contributed by atoms with Gasteiger partial charge in [-0.15, -0.1) is 5.10 Å². The predicted octanol–water partition coefficient (Wildman–Crippen LogP) is 0.353. The van der Waals surface area contributed by atoms with Gasteiger partial charge in [-0.1, -0.05) is 0 Å². The van der Waals surface area contributed by atoms with E-state index in [0.717, 1.165) is 5.69 Å². The summed E-state index contributed by atoms with van der Waals surface area (Å²) < 4.78 is 3.22. The molecule has 2 heterocycles. The number of fused-ring (bicyclic) bond motifs is 1. The molecule has 0 spiro atoms. The average molecular weight is 192 g/mol. The summed E-state index contributed by atoms with van der Waals surface area (Å²) in [4.78, 5) is 16.0. The standard InChI is InChI=1S/C9H12N4O/c1-5-6(2)12(4)9-10-7(3)11-13(9)8(5)14/h1-4H3. The van der Waals surface area contributed by atoms with E-state index in [1.54, 1.807) is 13.8 Å². The Bertz CT molecular complexity index is 564. The quantitative estimate of drug-likeness (QED) is 0.605. The Kier molecular flexibility index (Phi) is 1.70. The SMILES string of the molecule is Cc1nc2n(C)c(C)c(C)c(=O)n2n1. The van der Waals surface area contributed by atoms with E-state index >= 15 is 0 Å². The summed E-state index contributed by atoms with van der Waals surface area (Å²) in [5.74, 6) is 1.21. The summed E-state index contributed by atoms with van der Waals surface area (Å²) in [6, 6.07) is 0. The molecule has 2 aromatic heterocycles. The average Bonchev–Trinajstić information content (AvgIpc) is 2.54. The fourth-order valence-corrected chi connectivity index (χ4v) is 1.47. The molecule has 0 aliphatic heterocycles. The zero-order valence-corrected chi connectivity index (χ0v) is 8.70. The van der Waals surface area contributed by atoms with Crippen LogP contribution < -0.4 is 5.56 Å². The van der Waals surface area contributed by atoms with Crippen LogP contribution in [0.5, 0.6) is 0 Å². The molecule has 0 atom stereocenters. The lowest BCUT2D eigenvalue weighted by molar-refractivity contribution is 0.775. The van der Waals surface area contributed by atoms with Crippen molar-refractivity contribution in [2.24, 2.45) is 7.05 Å². The van der Waals surface area contributed by atoms with Gasteiger partial charge in [0, 0.05) is 18.3 Å². The largest absolute Gasteiger partial charge is 0.317 e. The van der Waals surface area contributed by atoms with Crippen molar-refractivity contribution >= 4 is 5.78 Å². The molecule has 0 amide bonds. The number of aromatic nitrogens is 4. The molecule has 0 aliphatic carbocycles. The number of rotatable bonds is 0. The second-order valence-electron chi connectivity index (χ2n) is 3.45. The third-order valence-electron chi connectivity index (χ3n) is 2.55. The third-order valence-corrected chi connectivity index (χ3v) is 2.55. The molecular weight excluding hydrogens is 180 g/mol. The van der Waals surface area contributed by atoms with E-state index in [9.17, 15) is 4.79 Å². The highest BCUT2D eigenvalue weighted by Crippen LogP contribution is 2.04.